The van der Waals surface area contributed by atoms with Crippen molar-refractivity contribution in [3.05, 3.63) is 59.5 Å². The Hall–Kier alpha value is -2.47. The Morgan fingerprint density at radius 1 is 1.26 bits per heavy atom. The van der Waals surface area contributed by atoms with E-state index in [1.165, 1.54) is 6.42 Å². The lowest BCUT2D eigenvalue weighted by Gasteiger charge is -2.00. The van der Waals surface area contributed by atoms with Crippen LogP contribution in [0.2, 0.25) is 0 Å². The van der Waals surface area contributed by atoms with E-state index in [0.717, 1.165) is 23.0 Å². The van der Waals surface area contributed by atoms with Crippen molar-refractivity contribution in [2.24, 2.45) is 5.92 Å². The molecule has 2 aromatic rings. The standard InChI is InChI=1S/C20H21NO2/c1-15-14-18(15)19-11-9-17(23-19)10-12-20(22)21-13-5-8-16-6-3-2-4-7-16/h2-4,6-7,9,11,15,18H,10,12-14H2,1H3,(H,21,22)/t15-,18+/m0/s1. The molecule has 1 amide bonds. The number of hydrogen-bond acceptors (Lipinski definition) is 2. The molecule has 0 unspecified atom stereocenters. The number of carbonyl (C=O) groups is 1. The number of benzene rings is 1. The zero-order valence-electron chi connectivity index (χ0n) is 13.3. The quantitative estimate of drug-likeness (QED) is 0.859. The fourth-order valence-corrected chi connectivity index (χ4v) is 2.58. The molecule has 0 saturated heterocycles. The molecule has 1 aromatic carbocycles. The lowest BCUT2D eigenvalue weighted by molar-refractivity contribution is -0.120. The molecule has 0 bridgehead atoms. The van der Waals surface area contributed by atoms with Gasteiger partial charge in [0.15, 0.2) is 0 Å². The maximum Gasteiger partial charge on any atom is 0.221 e. The zero-order chi connectivity index (χ0) is 16.1. The van der Waals surface area contributed by atoms with Gasteiger partial charge in [-0.1, -0.05) is 37.0 Å². The minimum atomic E-state index is 0.00472. The maximum absolute atomic E-state index is 11.8. The lowest BCUT2D eigenvalue weighted by Crippen LogP contribution is -2.23. The predicted molar refractivity (Wildman–Crippen MR) is 89.9 cm³/mol. The van der Waals surface area contributed by atoms with Crippen molar-refractivity contribution in [1.82, 2.24) is 5.32 Å². The Morgan fingerprint density at radius 3 is 2.78 bits per heavy atom. The number of rotatable bonds is 5. The second-order valence-electron chi connectivity index (χ2n) is 6.07. The van der Waals surface area contributed by atoms with Gasteiger partial charge in [-0.25, -0.2) is 0 Å². The molecule has 1 fully saturated rings. The molecule has 118 valence electrons. The van der Waals surface area contributed by atoms with Gasteiger partial charge in [0.05, 0.1) is 6.54 Å². The topological polar surface area (TPSA) is 42.2 Å². The van der Waals surface area contributed by atoms with E-state index < -0.39 is 0 Å². The lowest BCUT2D eigenvalue weighted by atomic mass is 10.2. The van der Waals surface area contributed by atoms with Crippen molar-refractivity contribution in [1.29, 1.82) is 0 Å². The van der Waals surface area contributed by atoms with Crippen molar-refractivity contribution in [2.45, 2.75) is 32.1 Å². The van der Waals surface area contributed by atoms with E-state index in [9.17, 15) is 4.79 Å². The van der Waals surface area contributed by atoms with Crippen LogP contribution in [0.3, 0.4) is 0 Å². The second kappa shape index (κ2) is 7.19. The molecule has 0 radical (unpaired) electrons. The number of furan rings is 1. The molecular weight excluding hydrogens is 286 g/mol. The minimum Gasteiger partial charge on any atom is -0.466 e. The molecule has 1 aliphatic carbocycles. The minimum absolute atomic E-state index is 0.00472. The van der Waals surface area contributed by atoms with E-state index in [1.54, 1.807) is 0 Å². The Bertz CT molecular complexity index is 721. The van der Waals surface area contributed by atoms with Crippen LogP contribution in [0, 0.1) is 17.8 Å². The van der Waals surface area contributed by atoms with Gasteiger partial charge < -0.3 is 9.73 Å². The summed E-state index contributed by atoms with van der Waals surface area (Å²) >= 11 is 0. The molecule has 2 atom stereocenters. The van der Waals surface area contributed by atoms with Crippen LogP contribution in [0.4, 0.5) is 0 Å². The summed E-state index contributed by atoms with van der Waals surface area (Å²) in [6, 6.07) is 13.8. The number of nitrogens with one attached hydrogen (secondary N) is 1. The Kier molecular flexibility index (Phi) is 4.83. The number of hydrogen-bond donors (Lipinski definition) is 1. The van der Waals surface area contributed by atoms with Crippen molar-refractivity contribution in [3.8, 4) is 11.8 Å². The van der Waals surface area contributed by atoms with Crippen molar-refractivity contribution in [3.63, 3.8) is 0 Å². The summed E-state index contributed by atoms with van der Waals surface area (Å²) in [5.41, 5.74) is 0.958. The molecule has 23 heavy (non-hydrogen) atoms. The molecular formula is C20H21NO2. The van der Waals surface area contributed by atoms with Gasteiger partial charge in [0.1, 0.15) is 11.5 Å². The van der Waals surface area contributed by atoms with E-state index in [-0.39, 0.29) is 5.91 Å². The Labute approximate surface area is 137 Å². The van der Waals surface area contributed by atoms with Gasteiger partial charge in [-0.15, -0.1) is 0 Å². The summed E-state index contributed by atoms with van der Waals surface area (Å²) < 4.78 is 5.80. The van der Waals surface area contributed by atoms with Crippen LogP contribution in [0.1, 0.15) is 42.8 Å². The van der Waals surface area contributed by atoms with Crippen LogP contribution in [0.15, 0.2) is 46.9 Å². The van der Waals surface area contributed by atoms with E-state index >= 15 is 0 Å². The van der Waals surface area contributed by atoms with E-state index in [2.05, 4.69) is 24.1 Å². The number of amides is 1. The molecule has 3 rings (SSSR count). The Morgan fingerprint density at radius 2 is 2.04 bits per heavy atom. The van der Waals surface area contributed by atoms with Crippen LogP contribution < -0.4 is 5.32 Å². The van der Waals surface area contributed by atoms with Gasteiger partial charge in [-0.2, -0.15) is 0 Å². The van der Waals surface area contributed by atoms with Crippen molar-refractivity contribution in [2.75, 3.05) is 6.54 Å². The van der Waals surface area contributed by atoms with Gasteiger partial charge >= 0.3 is 0 Å². The maximum atomic E-state index is 11.8. The molecule has 1 N–H and O–H groups in total. The molecule has 1 aliphatic rings. The first-order chi connectivity index (χ1) is 11.2. The third kappa shape index (κ3) is 4.50. The average molecular weight is 307 g/mol. The summed E-state index contributed by atoms with van der Waals surface area (Å²) in [5, 5.41) is 2.82. The fourth-order valence-electron chi connectivity index (χ4n) is 2.58. The van der Waals surface area contributed by atoms with Gasteiger partial charge in [0.2, 0.25) is 5.91 Å². The van der Waals surface area contributed by atoms with Crippen molar-refractivity contribution < 1.29 is 9.21 Å². The first-order valence-corrected chi connectivity index (χ1v) is 8.11. The highest BCUT2D eigenvalue weighted by Crippen LogP contribution is 2.47. The SMILES string of the molecule is C[C@H]1C[C@H]1c1ccc(CCC(=O)NCC#Cc2ccccc2)o1. The van der Waals surface area contributed by atoms with Gasteiger partial charge in [0, 0.05) is 24.3 Å². The van der Waals surface area contributed by atoms with E-state index in [1.807, 2.05) is 42.5 Å². The van der Waals surface area contributed by atoms with Gasteiger partial charge in [0.25, 0.3) is 0 Å². The molecule has 1 saturated carbocycles. The van der Waals surface area contributed by atoms with Crippen LogP contribution >= 0.6 is 0 Å². The monoisotopic (exact) mass is 307 g/mol. The van der Waals surface area contributed by atoms with Crippen LogP contribution in [0.25, 0.3) is 0 Å². The van der Waals surface area contributed by atoms with Crippen LogP contribution in [0.5, 0.6) is 0 Å². The van der Waals surface area contributed by atoms with E-state index in [4.69, 9.17) is 4.42 Å². The fraction of sp³-hybridized carbons (Fsp3) is 0.350. The zero-order valence-corrected chi connectivity index (χ0v) is 13.3. The van der Waals surface area contributed by atoms with Gasteiger partial charge in [-0.3, -0.25) is 4.79 Å². The molecule has 3 heteroatoms. The molecule has 3 nitrogen and oxygen atoms in total. The predicted octanol–water partition coefficient (Wildman–Crippen LogP) is 3.50. The summed E-state index contributed by atoms with van der Waals surface area (Å²) in [7, 11) is 0. The average Bonchev–Trinajstić information content (AvgIpc) is 3.11. The summed E-state index contributed by atoms with van der Waals surface area (Å²) in [5.74, 6) is 9.27. The smallest absolute Gasteiger partial charge is 0.221 e. The van der Waals surface area contributed by atoms with Crippen molar-refractivity contribution >= 4 is 5.91 Å². The molecule has 0 aliphatic heterocycles. The first-order valence-electron chi connectivity index (χ1n) is 8.11. The third-order valence-corrected chi connectivity index (χ3v) is 4.14. The molecule has 0 spiro atoms. The molecule has 1 aromatic heterocycles. The number of carbonyl (C=O) groups excluding carboxylic acids is 1. The molecule has 1 heterocycles. The largest absolute Gasteiger partial charge is 0.466 e. The summed E-state index contributed by atoms with van der Waals surface area (Å²) in [6.07, 6.45) is 2.28. The van der Waals surface area contributed by atoms with Crippen LogP contribution in [-0.2, 0) is 11.2 Å². The van der Waals surface area contributed by atoms with Crippen LogP contribution in [-0.4, -0.2) is 12.5 Å². The summed E-state index contributed by atoms with van der Waals surface area (Å²) in [6.45, 7) is 2.60. The van der Waals surface area contributed by atoms with E-state index in [0.29, 0.717) is 25.3 Å². The Balaban J connectivity index is 1.38. The third-order valence-electron chi connectivity index (χ3n) is 4.14. The van der Waals surface area contributed by atoms with Gasteiger partial charge in [-0.05, 0) is 36.6 Å². The second-order valence-corrected chi connectivity index (χ2v) is 6.07. The highest BCUT2D eigenvalue weighted by molar-refractivity contribution is 5.76. The highest BCUT2D eigenvalue weighted by atomic mass is 16.3. The highest BCUT2D eigenvalue weighted by Gasteiger charge is 2.36. The normalized spacial score (nSPS) is 18.8. The summed E-state index contributed by atoms with van der Waals surface area (Å²) in [4.78, 5) is 11.8. The first kappa shape index (κ1) is 15.4. The number of aryl methyl sites for hydroxylation is 1.